The Morgan fingerprint density at radius 2 is 1.97 bits per heavy atom. The summed E-state index contributed by atoms with van der Waals surface area (Å²) in [6.07, 6.45) is 3.75. The van der Waals surface area contributed by atoms with Crippen LogP contribution in [0.2, 0.25) is 0 Å². The van der Waals surface area contributed by atoms with Crippen LogP contribution in [0, 0.1) is 5.82 Å². The molecule has 1 atom stereocenters. The number of hydrogen-bond acceptors (Lipinski definition) is 5. The molecule has 1 saturated heterocycles. The number of halogens is 1. The van der Waals surface area contributed by atoms with Gasteiger partial charge in [0.25, 0.3) is 0 Å². The van der Waals surface area contributed by atoms with Gasteiger partial charge in [-0.3, -0.25) is 14.8 Å². The molecule has 0 amide bonds. The van der Waals surface area contributed by atoms with Crippen LogP contribution >= 0.6 is 0 Å². The minimum absolute atomic E-state index is 0.153. The van der Waals surface area contributed by atoms with Crippen molar-refractivity contribution in [3.63, 3.8) is 0 Å². The zero-order valence-electron chi connectivity index (χ0n) is 16.8. The molecular weight excluding hydrogens is 379 g/mol. The Kier molecular flexibility index (Phi) is 4.98. The molecule has 1 aliphatic heterocycles. The molecule has 5 rings (SSSR count). The monoisotopic (exact) mass is 402 g/mol. The number of piperazine rings is 1. The SMILES string of the molecule is CN1CCN(Cc2ccccn2)CC1c1nnn2cc(-c3cccc(F)c3)ccc12. The third-order valence-corrected chi connectivity index (χ3v) is 5.76. The number of likely N-dealkylation sites (N-methyl/N-ethyl adjacent to an activating group) is 1. The Labute approximate surface area is 174 Å². The first-order valence-electron chi connectivity index (χ1n) is 10.1. The first-order valence-corrected chi connectivity index (χ1v) is 10.1. The van der Waals surface area contributed by atoms with Crippen LogP contribution in [0.15, 0.2) is 67.0 Å². The minimum Gasteiger partial charge on any atom is -0.295 e. The van der Waals surface area contributed by atoms with E-state index in [1.807, 2.05) is 42.7 Å². The van der Waals surface area contributed by atoms with Gasteiger partial charge in [-0.05, 0) is 42.9 Å². The maximum Gasteiger partial charge on any atom is 0.123 e. The minimum atomic E-state index is -0.247. The first kappa shape index (κ1) is 18.8. The van der Waals surface area contributed by atoms with E-state index in [1.165, 1.54) is 12.1 Å². The van der Waals surface area contributed by atoms with Crippen molar-refractivity contribution in [1.29, 1.82) is 0 Å². The lowest BCUT2D eigenvalue weighted by molar-refractivity contribution is 0.0881. The quantitative estimate of drug-likeness (QED) is 0.524. The van der Waals surface area contributed by atoms with Gasteiger partial charge in [-0.25, -0.2) is 8.91 Å². The van der Waals surface area contributed by atoms with E-state index in [1.54, 1.807) is 10.6 Å². The van der Waals surface area contributed by atoms with Gasteiger partial charge in [0.15, 0.2) is 0 Å². The van der Waals surface area contributed by atoms with Crippen LogP contribution in [0.5, 0.6) is 0 Å². The van der Waals surface area contributed by atoms with Crippen molar-refractivity contribution in [2.45, 2.75) is 12.6 Å². The van der Waals surface area contributed by atoms with E-state index >= 15 is 0 Å². The molecule has 6 nitrogen and oxygen atoms in total. The lowest BCUT2D eigenvalue weighted by Gasteiger charge is -2.38. The van der Waals surface area contributed by atoms with Crippen molar-refractivity contribution < 1.29 is 4.39 Å². The van der Waals surface area contributed by atoms with E-state index in [0.29, 0.717) is 0 Å². The lowest BCUT2D eigenvalue weighted by atomic mass is 10.1. The third kappa shape index (κ3) is 3.69. The highest BCUT2D eigenvalue weighted by molar-refractivity contribution is 5.66. The van der Waals surface area contributed by atoms with Crippen molar-refractivity contribution in [3.8, 4) is 11.1 Å². The summed E-state index contributed by atoms with van der Waals surface area (Å²) >= 11 is 0. The summed E-state index contributed by atoms with van der Waals surface area (Å²) in [7, 11) is 2.13. The van der Waals surface area contributed by atoms with Crippen LogP contribution in [-0.4, -0.2) is 56.3 Å². The molecule has 0 bridgehead atoms. The topological polar surface area (TPSA) is 49.6 Å². The van der Waals surface area contributed by atoms with E-state index in [0.717, 1.165) is 54.2 Å². The molecule has 0 saturated carbocycles. The van der Waals surface area contributed by atoms with Crippen LogP contribution in [0.3, 0.4) is 0 Å². The van der Waals surface area contributed by atoms with E-state index in [2.05, 4.69) is 38.2 Å². The van der Waals surface area contributed by atoms with Gasteiger partial charge in [0.2, 0.25) is 0 Å². The standard InChI is InChI=1S/C23H23FN6/c1-28-11-12-29(15-20-7-2-3-10-25-20)16-22(28)23-21-9-8-18(14-30(21)27-26-23)17-5-4-6-19(24)13-17/h2-10,13-14,22H,11-12,15-16H2,1H3. The normalized spacial score (nSPS) is 18.1. The Bertz CT molecular complexity index is 1160. The van der Waals surface area contributed by atoms with Crippen molar-refractivity contribution in [2.75, 3.05) is 26.7 Å². The summed E-state index contributed by atoms with van der Waals surface area (Å²) in [6, 6.07) is 16.8. The molecule has 0 N–H and O–H groups in total. The van der Waals surface area contributed by atoms with Crippen molar-refractivity contribution >= 4 is 5.52 Å². The van der Waals surface area contributed by atoms with Crippen LogP contribution in [-0.2, 0) is 6.54 Å². The molecular formula is C23H23FN6. The number of rotatable bonds is 4. The number of pyridine rings is 2. The number of fused-ring (bicyclic) bond motifs is 1. The molecule has 1 unspecified atom stereocenters. The second-order valence-electron chi connectivity index (χ2n) is 7.79. The van der Waals surface area contributed by atoms with Crippen LogP contribution < -0.4 is 0 Å². The second-order valence-corrected chi connectivity index (χ2v) is 7.79. The number of benzene rings is 1. The van der Waals surface area contributed by atoms with Gasteiger partial charge in [-0.15, -0.1) is 5.10 Å². The molecule has 1 fully saturated rings. The molecule has 152 valence electrons. The molecule has 0 aliphatic carbocycles. The van der Waals surface area contributed by atoms with Crippen LogP contribution in [0.4, 0.5) is 4.39 Å². The Morgan fingerprint density at radius 3 is 2.80 bits per heavy atom. The number of nitrogens with zero attached hydrogens (tertiary/aromatic N) is 6. The highest BCUT2D eigenvalue weighted by Crippen LogP contribution is 2.28. The van der Waals surface area contributed by atoms with Gasteiger partial charge in [0, 0.05) is 44.1 Å². The molecule has 4 heterocycles. The summed E-state index contributed by atoms with van der Waals surface area (Å²) in [5.74, 6) is -0.247. The maximum absolute atomic E-state index is 13.6. The molecule has 0 radical (unpaired) electrons. The first-order chi connectivity index (χ1) is 14.7. The summed E-state index contributed by atoms with van der Waals surface area (Å²) in [4.78, 5) is 9.21. The Balaban J connectivity index is 1.42. The number of aromatic nitrogens is 4. The molecule has 4 aromatic rings. The predicted octanol–water partition coefficient (Wildman–Crippen LogP) is 3.42. The summed E-state index contributed by atoms with van der Waals surface area (Å²) in [5.41, 5.74) is 4.76. The fraction of sp³-hybridized carbons (Fsp3) is 0.261. The van der Waals surface area contributed by atoms with Crippen LogP contribution in [0.25, 0.3) is 16.6 Å². The van der Waals surface area contributed by atoms with Crippen LogP contribution in [0.1, 0.15) is 17.4 Å². The predicted molar refractivity (Wildman–Crippen MR) is 113 cm³/mol. The summed E-state index contributed by atoms with van der Waals surface area (Å²) in [5, 5.41) is 8.88. The largest absolute Gasteiger partial charge is 0.295 e. The molecule has 7 heteroatoms. The van der Waals surface area contributed by atoms with Gasteiger partial charge in [-0.2, -0.15) is 0 Å². The fourth-order valence-corrected chi connectivity index (χ4v) is 4.08. The van der Waals surface area contributed by atoms with E-state index < -0.39 is 0 Å². The average Bonchev–Trinajstić information content (AvgIpc) is 3.19. The average molecular weight is 402 g/mol. The summed E-state index contributed by atoms with van der Waals surface area (Å²) < 4.78 is 15.4. The molecule has 3 aromatic heterocycles. The third-order valence-electron chi connectivity index (χ3n) is 5.76. The molecule has 0 spiro atoms. The van der Waals surface area contributed by atoms with E-state index in [4.69, 9.17) is 0 Å². The van der Waals surface area contributed by atoms with E-state index in [9.17, 15) is 4.39 Å². The molecule has 1 aromatic carbocycles. The Morgan fingerprint density at radius 1 is 1.03 bits per heavy atom. The number of hydrogen-bond donors (Lipinski definition) is 0. The zero-order valence-corrected chi connectivity index (χ0v) is 16.8. The van der Waals surface area contributed by atoms with Crippen molar-refractivity contribution in [2.24, 2.45) is 0 Å². The van der Waals surface area contributed by atoms with Crippen molar-refractivity contribution in [1.82, 2.24) is 29.6 Å². The smallest absolute Gasteiger partial charge is 0.123 e. The highest BCUT2D eigenvalue weighted by Gasteiger charge is 2.29. The lowest BCUT2D eigenvalue weighted by Crippen LogP contribution is -2.46. The second kappa shape index (κ2) is 7.93. The fourth-order valence-electron chi connectivity index (χ4n) is 4.08. The van der Waals surface area contributed by atoms with Crippen molar-refractivity contribution in [3.05, 3.63) is 84.2 Å². The van der Waals surface area contributed by atoms with Gasteiger partial charge in [-0.1, -0.05) is 29.5 Å². The maximum atomic E-state index is 13.6. The molecule has 30 heavy (non-hydrogen) atoms. The van der Waals surface area contributed by atoms with Gasteiger partial charge in [0.05, 0.1) is 17.3 Å². The molecule has 1 aliphatic rings. The van der Waals surface area contributed by atoms with Gasteiger partial charge >= 0.3 is 0 Å². The van der Waals surface area contributed by atoms with Gasteiger partial charge < -0.3 is 0 Å². The Hall–Kier alpha value is -3.16. The van der Waals surface area contributed by atoms with Gasteiger partial charge in [0.1, 0.15) is 11.5 Å². The van der Waals surface area contributed by atoms with E-state index in [-0.39, 0.29) is 11.9 Å². The zero-order chi connectivity index (χ0) is 20.5. The highest BCUT2D eigenvalue weighted by atomic mass is 19.1. The summed E-state index contributed by atoms with van der Waals surface area (Å²) in [6.45, 7) is 3.64.